The number of rotatable bonds is 6. The van der Waals surface area contributed by atoms with Crippen LogP contribution in [0, 0.1) is 6.92 Å². The van der Waals surface area contributed by atoms with Crippen LogP contribution in [-0.4, -0.2) is 11.1 Å². The van der Waals surface area contributed by atoms with E-state index in [1.54, 1.807) is 36.4 Å². The first-order valence-electron chi connectivity index (χ1n) is 8.42. The van der Waals surface area contributed by atoms with Crippen LogP contribution in [0.25, 0.3) is 0 Å². The Morgan fingerprint density at radius 3 is 2.56 bits per heavy atom. The van der Waals surface area contributed by atoms with Crippen molar-refractivity contribution >= 4 is 29.2 Å². The molecule has 0 amide bonds. The van der Waals surface area contributed by atoms with Crippen molar-refractivity contribution in [3.05, 3.63) is 98.5 Å². The predicted octanol–water partition coefficient (Wildman–Crippen LogP) is 6.17. The summed E-state index contributed by atoms with van der Waals surface area (Å²) in [5.74, 6) is -0.463. The van der Waals surface area contributed by atoms with Crippen LogP contribution in [0.2, 0.25) is 10.0 Å². The molecular formula is C22H18Cl2O3. The van der Waals surface area contributed by atoms with Crippen molar-refractivity contribution in [1.29, 1.82) is 0 Å². The van der Waals surface area contributed by atoms with Crippen LogP contribution in [0.4, 0.5) is 0 Å². The first kappa shape index (κ1) is 19.3. The zero-order valence-electron chi connectivity index (χ0n) is 14.7. The molecule has 0 unspecified atom stereocenters. The fraction of sp³-hybridized carbons (Fsp3) is 0.136. The van der Waals surface area contributed by atoms with Crippen LogP contribution < -0.4 is 4.74 Å². The minimum atomic E-state index is -0.982. The Morgan fingerprint density at radius 1 is 1.04 bits per heavy atom. The zero-order valence-corrected chi connectivity index (χ0v) is 16.2. The Hall–Kier alpha value is -2.49. The standard InChI is InChI=1S/C22H18Cl2O3/c1-14-5-4-6-15(11-14)13-27-20-10-9-19(23)18(21(20)24)12-16-7-2-3-8-17(16)22(25)26/h2-11H,12-13H2,1H3,(H,25,26). The van der Waals surface area contributed by atoms with Crippen LogP contribution in [0.15, 0.2) is 60.7 Å². The minimum Gasteiger partial charge on any atom is -0.487 e. The lowest BCUT2D eigenvalue weighted by Crippen LogP contribution is -2.04. The van der Waals surface area contributed by atoms with E-state index in [-0.39, 0.29) is 5.56 Å². The molecule has 0 saturated carbocycles. The smallest absolute Gasteiger partial charge is 0.335 e. The van der Waals surface area contributed by atoms with E-state index >= 15 is 0 Å². The maximum absolute atomic E-state index is 11.4. The number of carboxylic acids is 1. The molecular weight excluding hydrogens is 383 g/mol. The number of ether oxygens (including phenoxy) is 1. The molecule has 5 heteroatoms. The summed E-state index contributed by atoms with van der Waals surface area (Å²) >= 11 is 12.9. The molecule has 3 nitrogen and oxygen atoms in total. The van der Waals surface area contributed by atoms with Crippen molar-refractivity contribution in [1.82, 2.24) is 0 Å². The Labute approximate surface area is 168 Å². The first-order valence-corrected chi connectivity index (χ1v) is 9.17. The molecule has 0 aromatic heterocycles. The van der Waals surface area contributed by atoms with Crippen molar-refractivity contribution < 1.29 is 14.6 Å². The highest BCUT2D eigenvalue weighted by Crippen LogP contribution is 2.35. The van der Waals surface area contributed by atoms with Crippen molar-refractivity contribution in [3.8, 4) is 5.75 Å². The molecule has 0 aliphatic carbocycles. The third kappa shape index (κ3) is 4.62. The molecule has 138 valence electrons. The van der Waals surface area contributed by atoms with Crippen molar-refractivity contribution in [2.75, 3.05) is 0 Å². The summed E-state index contributed by atoms with van der Waals surface area (Å²) in [5.41, 5.74) is 3.72. The van der Waals surface area contributed by atoms with Gasteiger partial charge < -0.3 is 9.84 Å². The molecule has 27 heavy (non-hydrogen) atoms. The van der Waals surface area contributed by atoms with E-state index in [9.17, 15) is 9.90 Å². The fourth-order valence-corrected chi connectivity index (χ4v) is 3.45. The molecule has 0 atom stereocenters. The molecule has 0 aliphatic heterocycles. The largest absolute Gasteiger partial charge is 0.487 e. The quantitative estimate of drug-likeness (QED) is 0.537. The third-order valence-corrected chi connectivity index (χ3v) is 5.01. The maximum Gasteiger partial charge on any atom is 0.335 e. The van der Waals surface area contributed by atoms with Gasteiger partial charge in [0, 0.05) is 11.4 Å². The number of carboxylic acid groups (broad SMARTS) is 1. The van der Waals surface area contributed by atoms with Crippen LogP contribution in [0.5, 0.6) is 5.75 Å². The van der Waals surface area contributed by atoms with Gasteiger partial charge in [-0.2, -0.15) is 0 Å². The van der Waals surface area contributed by atoms with E-state index in [1.807, 2.05) is 31.2 Å². The van der Waals surface area contributed by atoms with Gasteiger partial charge in [-0.3, -0.25) is 0 Å². The predicted molar refractivity (Wildman–Crippen MR) is 108 cm³/mol. The summed E-state index contributed by atoms with van der Waals surface area (Å²) in [6.07, 6.45) is 0.307. The van der Waals surface area contributed by atoms with Crippen LogP contribution >= 0.6 is 23.2 Å². The molecule has 3 aromatic carbocycles. The second-order valence-electron chi connectivity index (χ2n) is 6.25. The number of hydrogen-bond donors (Lipinski definition) is 1. The van der Waals surface area contributed by atoms with Gasteiger partial charge in [-0.05, 0) is 41.8 Å². The number of benzene rings is 3. The molecule has 1 N–H and O–H groups in total. The summed E-state index contributed by atoms with van der Waals surface area (Å²) in [7, 11) is 0. The number of aryl methyl sites for hydroxylation is 1. The SMILES string of the molecule is Cc1cccc(COc2ccc(Cl)c(Cc3ccccc3C(=O)O)c2Cl)c1. The maximum atomic E-state index is 11.4. The average molecular weight is 401 g/mol. The van der Waals surface area contributed by atoms with Crippen LogP contribution in [0.1, 0.15) is 32.6 Å². The van der Waals surface area contributed by atoms with E-state index in [2.05, 4.69) is 0 Å². The van der Waals surface area contributed by atoms with Gasteiger partial charge in [0.25, 0.3) is 0 Å². The van der Waals surface area contributed by atoms with Gasteiger partial charge in [-0.15, -0.1) is 0 Å². The lowest BCUT2D eigenvalue weighted by molar-refractivity contribution is 0.0696. The highest BCUT2D eigenvalue weighted by Gasteiger charge is 2.16. The summed E-state index contributed by atoms with van der Waals surface area (Å²) < 4.78 is 5.88. The molecule has 0 heterocycles. The minimum absolute atomic E-state index is 0.232. The van der Waals surface area contributed by atoms with Gasteiger partial charge in [-0.25, -0.2) is 4.79 Å². The Kier molecular flexibility index (Phi) is 6.04. The molecule has 0 radical (unpaired) electrons. The Balaban J connectivity index is 1.87. The summed E-state index contributed by atoms with van der Waals surface area (Å²) in [6, 6.07) is 18.3. The third-order valence-electron chi connectivity index (χ3n) is 4.24. The van der Waals surface area contributed by atoms with Crippen LogP contribution in [-0.2, 0) is 13.0 Å². The zero-order chi connectivity index (χ0) is 19.4. The molecule has 0 spiro atoms. The van der Waals surface area contributed by atoms with E-state index in [0.717, 1.165) is 11.1 Å². The van der Waals surface area contributed by atoms with Gasteiger partial charge in [0.05, 0.1) is 10.6 Å². The van der Waals surface area contributed by atoms with Crippen molar-refractivity contribution in [2.24, 2.45) is 0 Å². The number of aromatic carboxylic acids is 1. The van der Waals surface area contributed by atoms with Gasteiger partial charge in [0.1, 0.15) is 12.4 Å². The van der Waals surface area contributed by atoms with E-state index in [0.29, 0.717) is 39.9 Å². The topological polar surface area (TPSA) is 46.5 Å². The lowest BCUT2D eigenvalue weighted by atomic mass is 9.99. The molecule has 0 bridgehead atoms. The second kappa shape index (κ2) is 8.47. The van der Waals surface area contributed by atoms with Gasteiger partial charge in [0.15, 0.2) is 0 Å². The summed E-state index contributed by atoms with van der Waals surface area (Å²) in [4.78, 5) is 11.4. The van der Waals surface area contributed by atoms with Crippen molar-refractivity contribution in [2.45, 2.75) is 20.0 Å². The van der Waals surface area contributed by atoms with Crippen molar-refractivity contribution in [3.63, 3.8) is 0 Å². The lowest BCUT2D eigenvalue weighted by Gasteiger charge is -2.14. The van der Waals surface area contributed by atoms with Crippen LogP contribution in [0.3, 0.4) is 0 Å². The number of hydrogen-bond acceptors (Lipinski definition) is 2. The summed E-state index contributed by atoms with van der Waals surface area (Å²) in [6.45, 7) is 2.41. The first-order chi connectivity index (χ1) is 13.0. The molecule has 0 saturated heterocycles. The normalized spacial score (nSPS) is 10.6. The number of carbonyl (C=O) groups is 1. The summed E-state index contributed by atoms with van der Waals surface area (Å²) in [5, 5.41) is 10.3. The molecule has 0 fully saturated rings. The van der Waals surface area contributed by atoms with Gasteiger partial charge >= 0.3 is 5.97 Å². The Bertz CT molecular complexity index is 983. The number of halogens is 2. The second-order valence-corrected chi connectivity index (χ2v) is 7.04. The van der Waals surface area contributed by atoms with Gasteiger partial charge in [-0.1, -0.05) is 71.2 Å². The average Bonchev–Trinajstić information content (AvgIpc) is 2.65. The highest BCUT2D eigenvalue weighted by molar-refractivity contribution is 6.37. The Morgan fingerprint density at radius 2 is 1.81 bits per heavy atom. The van der Waals surface area contributed by atoms with E-state index in [4.69, 9.17) is 27.9 Å². The molecule has 3 aromatic rings. The fourth-order valence-electron chi connectivity index (χ4n) is 2.89. The molecule has 3 rings (SSSR count). The van der Waals surface area contributed by atoms with Gasteiger partial charge in [0.2, 0.25) is 0 Å². The molecule has 0 aliphatic rings. The van der Waals surface area contributed by atoms with E-state index < -0.39 is 5.97 Å². The highest BCUT2D eigenvalue weighted by atomic mass is 35.5. The monoisotopic (exact) mass is 400 g/mol. The van der Waals surface area contributed by atoms with E-state index in [1.165, 1.54) is 0 Å².